The summed E-state index contributed by atoms with van der Waals surface area (Å²) in [5, 5.41) is 3.89. The first-order valence-electron chi connectivity index (χ1n) is 8.78. The van der Waals surface area contributed by atoms with E-state index in [0.717, 1.165) is 24.2 Å². The Hall–Kier alpha value is -3.41. The van der Waals surface area contributed by atoms with E-state index in [4.69, 9.17) is 9.15 Å². The first kappa shape index (κ1) is 18.4. The summed E-state index contributed by atoms with van der Waals surface area (Å²) in [4.78, 5) is 16.0. The Labute approximate surface area is 157 Å². The molecule has 0 aliphatic rings. The molecule has 2 heterocycles. The Morgan fingerprint density at radius 1 is 1.22 bits per heavy atom. The first-order chi connectivity index (χ1) is 13.2. The predicted molar refractivity (Wildman–Crippen MR) is 103 cm³/mol. The van der Waals surface area contributed by atoms with Crippen molar-refractivity contribution in [1.29, 1.82) is 0 Å². The van der Waals surface area contributed by atoms with E-state index >= 15 is 0 Å². The van der Waals surface area contributed by atoms with Crippen LogP contribution in [0.25, 0.3) is 0 Å². The van der Waals surface area contributed by atoms with Crippen molar-refractivity contribution < 1.29 is 13.9 Å². The summed E-state index contributed by atoms with van der Waals surface area (Å²) in [7, 11) is 0. The summed E-state index contributed by atoms with van der Waals surface area (Å²) in [6, 6.07) is 14.9. The fourth-order valence-electron chi connectivity index (χ4n) is 2.45. The number of nitrogens with one attached hydrogen (secondary N) is 1. The van der Waals surface area contributed by atoms with Gasteiger partial charge in [0, 0.05) is 18.0 Å². The average molecular weight is 363 g/mol. The number of pyridine rings is 1. The largest absolute Gasteiger partial charge is 0.486 e. The molecule has 1 aromatic carbocycles. The number of hydrogen-bond acceptors (Lipinski definition) is 5. The van der Waals surface area contributed by atoms with Crippen LogP contribution in [0.1, 0.15) is 40.8 Å². The van der Waals surface area contributed by atoms with Crippen molar-refractivity contribution >= 4 is 12.1 Å². The summed E-state index contributed by atoms with van der Waals surface area (Å²) in [6.07, 6.45) is 7.00. The number of furan rings is 1. The number of rotatable bonds is 8. The molecule has 0 spiro atoms. The molecule has 0 aliphatic heterocycles. The number of benzene rings is 1. The lowest BCUT2D eigenvalue weighted by Gasteiger charge is -2.05. The van der Waals surface area contributed by atoms with Crippen molar-refractivity contribution in [2.75, 3.05) is 0 Å². The van der Waals surface area contributed by atoms with Gasteiger partial charge in [0.15, 0.2) is 5.76 Å². The van der Waals surface area contributed by atoms with Crippen LogP contribution >= 0.6 is 0 Å². The normalized spacial score (nSPS) is 10.9. The molecule has 6 nitrogen and oxygen atoms in total. The maximum atomic E-state index is 12.0. The molecule has 0 saturated carbocycles. The molecule has 0 unspecified atom stereocenters. The van der Waals surface area contributed by atoms with Gasteiger partial charge in [-0.1, -0.05) is 31.5 Å². The fourth-order valence-corrected chi connectivity index (χ4v) is 2.45. The van der Waals surface area contributed by atoms with Gasteiger partial charge in [-0.15, -0.1) is 0 Å². The Balaban J connectivity index is 1.50. The smallest absolute Gasteiger partial charge is 0.307 e. The van der Waals surface area contributed by atoms with Crippen molar-refractivity contribution in [3.05, 3.63) is 83.6 Å². The molecule has 3 rings (SSSR count). The van der Waals surface area contributed by atoms with Crippen LogP contribution < -0.4 is 10.2 Å². The Morgan fingerprint density at radius 2 is 2.07 bits per heavy atom. The number of nitrogens with zero attached hydrogens (tertiary/aromatic N) is 2. The summed E-state index contributed by atoms with van der Waals surface area (Å²) in [6.45, 7) is 2.40. The van der Waals surface area contributed by atoms with Gasteiger partial charge in [-0.05, 0) is 42.3 Å². The third-order valence-electron chi connectivity index (χ3n) is 3.79. The zero-order valence-electron chi connectivity index (χ0n) is 15.1. The number of carbonyl (C=O) groups excluding carboxylic acids is 1. The van der Waals surface area contributed by atoms with Crippen LogP contribution in [0.15, 0.2) is 70.4 Å². The molecule has 6 heteroatoms. The highest BCUT2D eigenvalue weighted by atomic mass is 16.5. The lowest BCUT2D eigenvalue weighted by molar-refractivity contribution is 0.0923. The molecule has 0 aliphatic carbocycles. The Morgan fingerprint density at radius 3 is 2.81 bits per heavy atom. The highest BCUT2D eigenvalue weighted by molar-refractivity contribution is 5.92. The molecule has 0 fully saturated rings. The number of amides is 1. The van der Waals surface area contributed by atoms with Gasteiger partial charge in [0.2, 0.25) is 0 Å². The predicted octanol–water partition coefficient (Wildman–Crippen LogP) is 3.97. The van der Waals surface area contributed by atoms with E-state index in [-0.39, 0.29) is 12.4 Å². The molecule has 2 aromatic heterocycles. The summed E-state index contributed by atoms with van der Waals surface area (Å²) in [5.41, 5.74) is 4.49. The number of hydrogen-bond donors (Lipinski definition) is 1. The van der Waals surface area contributed by atoms with E-state index in [1.165, 1.54) is 11.8 Å². The second kappa shape index (κ2) is 9.33. The second-order valence-electron chi connectivity index (χ2n) is 5.93. The summed E-state index contributed by atoms with van der Waals surface area (Å²) < 4.78 is 11.2. The fraction of sp³-hybridized carbons (Fsp3) is 0.190. The molecule has 0 radical (unpaired) electrons. The number of aromatic nitrogens is 1. The zero-order valence-corrected chi connectivity index (χ0v) is 15.1. The van der Waals surface area contributed by atoms with Crippen LogP contribution in [0, 0.1) is 0 Å². The Kier molecular flexibility index (Phi) is 6.35. The van der Waals surface area contributed by atoms with E-state index in [2.05, 4.69) is 34.6 Å². The molecular formula is C21H21N3O3. The van der Waals surface area contributed by atoms with Gasteiger partial charge in [0.25, 0.3) is 0 Å². The lowest BCUT2D eigenvalue weighted by Crippen LogP contribution is -2.16. The lowest BCUT2D eigenvalue weighted by atomic mass is 10.1. The van der Waals surface area contributed by atoms with Gasteiger partial charge in [0.1, 0.15) is 18.1 Å². The molecule has 1 amide bonds. The third-order valence-corrected chi connectivity index (χ3v) is 3.79. The van der Waals surface area contributed by atoms with Crippen LogP contribution in [0.4, 0.5) is 0 Å². The van der Waals surface area contributed by atoms with E-state index < -0.39 is 5.91 Å². The first-order valence-corrected chi connectivity index (χ1v) is 8.78. The number of ether oxygens (including phenoxy) is 1. The number of aryl methyl sites for hydroxylation is 1. The van der Waals surface area contributed by atoms with Crippen LogP contribution in [0.3, 0.4) is 0 Å². The SMILES string of the molecule is CCCc1ccc(OCc2ccc(C(=O)N/N=C\c3cccnc3)o2)cc1. The number of carbonyl (C=O) groups is 1. The maximum absolute atomic E-state index is 12.0. The van der Waals surface area contributed by atoms with E-state index in [1.807, 2.05) is 18.2 Å². The minimum atomic E-state index is -0.426. The standard InChI is InChI=1S/C21H21N3O3/c1-2-4-16-6-8-18(9-7-16)26-15-19-10-11-20(27-19)21(25)24-23-14-17-5-3-12-22-13-17/h3,5-14H,2,4,15H2,1H3,(H,24,25)/b23-14-. The molecule has 138 valence electrons. The Bertz CT molecular complexity index is 887. The molecular weight excluding hydrogens is 342 g/mol. The van der Waals surface area contributed by atoms with Crippen LogP contribution in [0.5, 0.6) is 5.75 Å². The van der Waals surface area contributed by atoms with Gasteiger partial charge in [0.05, 0.1) is 6.21 Å². The minimum Gasteiger partial charge on any atom is -0.486 e. The topological polar surface area (TPSA) is 76.7 Å². The monoisotopic (exact) mass is 363 g/mol. The van der Waals surface area contributed by atoms with E-state index in [9.17, 15) is 4.79 Å². The molecule has 0 saturated heterocycles. The quantitative estimate of drug-likeness (QED) is 0.485. The highest BCUT2D eigenvalue weighted by Crippen LogP contribution is 2.16. The highest BCUT2D eigenvalue weighted by Gasteiger charge is 2.10. The summed E-state index contributed by atoms with van der Waals surface area (Å²) in [5.74, 6) is 1.08. The minimum absolute atomic E-state index is 0.176. The van der Waals surface area contributed by atoms with Gasteiger partial charge in [-0.25, -0.2) is 5.43 Å². The average Bonchev–Trinajstić information content (AvgIpc) is 3.18. The van der Waals surface area contributed by atoms with E-state index in [1.54, 1.807) is 30.6 Å². The molecule has 0 bridgehead atoms. The zero-order chi connectivity index (χ0) is 18.9. The maximum Gasteiger partial charge on any atom is 0.307 e. The molecule has 0 atom stereocenters. The summed E-state index contributed by atoms with van der Waals surface area (Å²) >= 11 is 0. The third kappa shape index (κ3) is 5.54. The van der Waals surface area contributed by atoms with Gasteiger partial charge < -0.3 is 9.15 Å². The van der Waals surface area contributed by atoms with Gasteiger partial charge in [-0.3, -0.25) is 9.78 Å². The van der Waals surface area contributed by atoms with E-state index in [0.29, 0.717) is 5.76 Å². The van der Waals surface area contributed by atoms with Crippen molar-refractivity contribution in [2.24, 2.45) is 5.10 Å². The van der Waals surface area contributed by atoms with Gasteiger partial charge >= 0.3 is 5.91 Å². The second-order valence-corrected chi connectivity index (χ2v) is 5.93. The number of hydrazone groups is 1. The van der Waals surface area contributed by atoms with Crippen LogP contribution in [-0.2, 0) is 13.0 Å². The molecule has 27 heavy (non-hydrogen) atoms. The van der Waals surface area contributed by atoms with Crippen LogP contribution in [0.2, 0.25) is 0 Å². The molecule has 1 N–H and O–H groups in total. The van der Waals surface area contributed by atoms with Crippen molar-refractivity contribution in [3.63, 3.8) is 0 Å². The molecule has 3 aromatic rings. The van der Waals surface area contributed by atoms with Crippen molar-refractivity contribution in [1.82, 2.24) is 10.4 Å². The van der Waals surface area contributed by atoms with Crippen LogP contribution in [-0.4, -0.2) is 17.1 Å². The van der Waals surface area contributed by atoms with Crippen molar-refractivity contribution in [2.45, 2.75) is 26.4 Å². The van der Waals surface area contributed by atoms with Crippen molar-refractivity contribution in [3.8, 4) is 5.75 Å². The van der Waals surface area contributed by atoms with Gasteiger partial charge in [-0.2, -0.15) is 5.10 Å².